The van der Waals surface area contributed by atoms with Crippen molar-refractivity contribution in [2.75, 3.05) is 7.11 Å². The normalized spacial score (nSPS) is 11.0. The number of ether oxygens (including phenoxy) is 1. The number of aliphatic carboxylic acids is 1. The third kappa shape index (κ3) is 2.95. The van der Waals surface area contributed by atoms with Crippen molar-refractivity contribution in [3.8, 4) is 5.75 Å². The molecule has 0 atom stereocenters. The third-order valence-corrected chi connectivity index (χ3v) is 2.04. The maximum Gasteiger partial charge on any atom is 0.339 e. The first kappa shape index (κ1) is 12.0. The van der Waals surface area contributed by atoms with Crippen molar-refractivity contribution in [1.29, 1.82) is 0 Å². The first-order valence-electron chi connectivity index (χ1n) is 4.64. The van der Waals surface area contributed by atoms with Crippen LogP contribution in [0, 0.1) is 0 Å². The Morgan fingerprint density at radius 2 is 1.81 bits per heavy atom. The predicted molar refractivity (Wildman–Crippen MR) is 59.3 cm³/mol. The molecule has 0 aromatic heterocycles. The monoisotopic (exact) mass is 220 g/mol. The first-order valence-corrected chi connectivity index (χ1v) is 4.64. The second-order valence-corrected chi connectivity index (χ2v) is 3.19. The molecular formula is C12H12O4. The van der Waals surface area contributed by atoms with E-state index in [0.717, 1.165) is 0 Å². The van der Waals surface area contributed by atoms with Crippen molar-refractivity contribution in [2.24, 2.45) is 0 Å². The van der Waals surface area contributed by atoms with E-state index in [0.29, 0.717) is 11.3 Å². The van der Waals surface area contributed by atoms with Crippen molar-refractivity contribution < 1.29 is 19.4 Å². The average Bonchev–Trinajstić information content (AvgIpc) is 2.25. The van der Waals surface area contributed by atoms with Crippen LogP contribution >= 0.6 is 0 Å². The molecule has 0 aliphatic rings. The molecule has 1 aromatic rings. The quantitative estimate of drug-likeness (QED) is 0.477. The lowest BCUT2D eigenvalue weighted by molar-refractivity contribution is -0.134. The molecule has 4 nitrogen and oxygen atoms in total. The number of rotatable bonds is 4. The molecule has 0 heterocycles. The highest BCUT2D eigenvalue weighted by Gasteiger charge is 2.12. The van der Waals surface area contributed by atoms with Crippen LogP contribution in [0.25, 0.3) is 6.08 Å². The summed E-state index contributed by atoms with van der Waals surface area (Å²) in [5, 5.41) is 8.79. The van der Waals surface area contributed by atoms with E-state index in [9.17, 15) is 9.59 Å². The molecule has 1 aromatic carbocycles. The Kier molecular flexibility index (Phi) is 3.83. The van der Waals surface area contributed by atoms with Gasteiger partial charge in [0, 0.05) is 0 Å². The number of hydrogen-bond acceptors (Lipinski definition) is 3. The highest BCUT2D eigenvalue weighted by atomic mass is 16.5. The minimum Gasteiger partial charge on any atom is -0.497 e. The summed E-state index contributed by atoms with van der Waals surface area (Å²) in [5.41, 5.74) is 0.415. The van der Waals surface area contributed by atoms with Crippen LogP contribution in [0.15, 0.2) is 29.8 Å². The zero-order chi connectivity index (χ0) is 12.1. The number of carbonyl (C=O) groups is 2. The second-order valence-electron chi connectivity index (χ2n) is 3.19. The van der Waals surface area contributed by atoms with Crippen molar-refractivity contribution in [3.63, 3.8) is 0 Å². The summed E-state index contributed by atoms with van der Waals surface area (Å²) in [7, 11) is 1.54. The van der Waals surface area contributed by atoms with Gasteiger partial charge in [0.25, 0.3) is 0 Å². The summed E-state index contributed by atoms with van der Waals surface area (Å²) in [5.74, 6) is -1.01. The standard InChI is InChI=1S/C12H12O4/c1-8(13)11(12(14)15)7-9-3-5-10(16-2)6-4-9/h3-7H,1-2H3,(H,14,15)/b11-7+. The van der Waals surface area contributed by atoms with Crippen LogP contribution in [-0.4, -0.2) is 24.0 Å². The Bertz CT molecular complexity index is 413. The number of methoxy groups -OCH3 is 1. The fraction of sp³-hybridized carbons (Fsp3) is 0.167. The molecule has 0 spiro atoms. The van der Waals surface area contributed by atoms with Gasteiger partial charge in [0.1, 0.15) is 11.3 Å². The molecular weight excluding hydrogens is 208 g/mol. The van der Waals surface area contributed by atoms with E-state index < -0.39 is 11.8 Å². The summed E-state index contributed by atoms with van der Waals surface area (Å²) in [6.07, 6.45) is 1.34. The predicted octanol–water partition coefficient (Wildman–Crippen LogP) is 1.75. The first-order chi connectivity index (χ1) is 7.54. The molecule has 0 unspecified atom stereocenters. The number of carbonyl (C=O) groups excluding carboxylic acids is 1. The molecule has 0 radical (unpaired) electrons. The molecule has 0 saturated carbocycles. The fourth-order valence-electron chi connectivity index (χ4n) is 1.18. The lowest BCUT2D eigenvalue weighted by Gasteiger charge is -2.00. The summed E-state index contributed by atoms with van der Waals surface area (Å²) >= 11 is 0. The van der Waals surface area contributed by atoms with Crippen LogP contribution < -0.4 is 4.74 Å². The molecule has 1 rings (SSSR count). The molecule has 84 valence electrons. The van der Waals surface area contributed by atoms with Gasteiger partial charge in [-0.25, -0.2) is 4.79 Å². The topological polar surface area (TPSA) is 63.6 Å². The van der Waals surface area contributed by atoms with Gasteiger partial charge in [0.15, 0.2) is 5.78 Å². The number of carboxylic acid groups (broad SMARTS) is 1. The Morgan fingerprint density at radius 3 is 2.19 bits per heavy atom. The van der Waals surface area contributed by atoms with Gasteiger partial charge in [-0.05, 0) is 30.7 Å². The number of Topliss-reactive ketones (excluding diaryl/α,β-unsaturated/α-hetero) is 1. The van der Waals surface area contributed by atoms with Gasteiger partial charge in [-0.1, -0.05) is 12.1 Å². The SMILES string of the molecule is COc1ccc(/C=C(\C(C)=O)C(=O)O)cc1. The van der Waals surface area contributed by atoms with Gasteiger partial charge >= 0.3 is 5.97 Å². The average molecular weight is 220 g/mol. The third-order valence-electron chi connectivity index (χ3n) is 2.04. The van der Waals surface area contributed by atoms with E-state index in [2.05, 4.69) is 0 Å². The number of hydrogen-bond donors (Lipinski definition) is 1. The van der Waals surface area contributed by atoms with Crippen molar-refractivity contribution in [2.45, 2.75) is 6.92 Å². The van der Waals surface area contributed by atoms with Crippen LogP contribution in [0.2, 0.25) is 0 Å². The zero-order valence-corrected chi connectivity index (χ0v) is 9.06. The van der Waals surface area contributed by atoms with Gasteiger partial charge in [-0.15, -0.1) is 0 Å². The van der Waals surface area contributed by atoms with Gasteiger partial charge in [-0.2, -0.15) is 0 Å². The molecule has 4 heteroatoms. The molecule has 0 aliphatic heterocycles. The Labute approximate surface area is 93.2 Å². The maximum atomic E-state index is 11.0. The molecule has 1 N–H and O–H groups in total. The van der Waals surface area contributed by atoms with Crippen molar-refractivity contribution in [1.82, 2.24) is 0 Å². The Balaban J connectivity index is 3.04. The summed E-state index contributed by atoms with van der Waals surface area (Å²) in [6, 6.07) is 6.77. The van der Waals surface area contributed by atoms with Crippen LogP contribution in [0.1, 0.15) is 12.5 Å². The lowest BCUT2D eigenvalue weighted by atomic mass is 10.1. The zero-order valence-electron chi connectivity index (χ0n) is 9.06. The van der Waals surface area contributed by atoms with E-state index in [4.69, 9.17) is 9.84 Å². The molecule has 16 heavy (non-hydrogen) atoms. The fourth-order valence-corrected chi connectivity index (χ4v) is 1.18. The number of carboxylic acids is 1. The summed E-state index contributed by atoms with van der Waals surface area (Å²) in [6.45, 7) is 1.23. The largest absolute Gasteiger partial charge is 0.497 e. The smallest absolute Gasteiger partial charge is 0.339 e. The van der Waals surface area contributed by atoms with Crippen molar-refractivity contribution >= 4 is 17.8 Å². The van der Waals surface area contributed by atoms with Crippen LogP contribution in [0.4, 0.5) is 0 Å². The van der Waals surface area contributed by atoms with Gasteiger partial charge < -0.3 is 9.84 Å². The molecule has 0 fully saturated rings. The van der Waals surface area contributed by atoms with Gasteiger partial charge in [-0.3, -0.25) is 4.79 Å². The van der Waals surface area contributed by atoms with E-state index in [-0.39, 0.29) is 5.57 Å². The Hall–Kier alpha value is -2.10. The minimum atomic E-state index is -1.22. The number of ketones is 1. The highest BCUT2D eigenvalue weighted by Crippen LogP contribution is 2.14. The van der Waals surface area contributed by atoms with Crippen LogP contribution in [0.5, 0.6) is 5.75 Å². The molecule has 0 saturated heterocycles. The molecule has 0 bridgehead atoms. The second kappa shape index (κ2) is 5.11. The van der Waals surface area contributed by atoms with E-state index in [1.807, 2.05) is 0 Å². The molecule has 0 aliphatic carbocycles. The van der Waals surface area contributed by atoms with Gasteiger partial charge in [0.05, 0.1) is 7.11 Å². The van der Waals surface area contributed by atoms with E-state index in [1.165, 1.54) is 13.0 Å². The van der Waals surface area contributed by atoms with E-state index >= 15 is 0 Å². The van der Waals surface area contributed by atoms with Gasteiger partial charge in [0.2, 0.25) is 0 Å². The summed E-state index contributed by atoms with van der Waals surface area (Å²) in [4.78, 5) is 21.8. The highest BCUT2D eigenvalue weighted by molar-refractivity contribution is 6.19. The van der Waals surface area contributed by atoms with Crippen LogP contribution in [0.3, 0.4) is 0 Å². The maximum absolute atomic E-state index is 11.0. The Morgan fingerprint density at radius 1 is 1.25 bits per heavy atom. The number of benzene rings is 1. The minimum absolute atomic E-state index is 0.231. The molecule has 0 amide bonds. The van der Waals surface area contributed by atoms with Crippen LogP contribution in [-0.2, 0) is 9.59 Å². The summed E-state index contributed by atoms with van der Waals surface area (Å²) < 4.78 is 4.97. The lowest BCUT2D eigenvalue weighted by Crippen LogP contribution is -2.08. The van der Waals surface area contributed by atoms with E-state index in [1.54, 1.807) is 31.4 Å². The van der Waals surface area contributed by atoms with Crippen molar-refractivity contribution in [3.05, 3.63) is 35.4 Å².